The molecule has 0 radical (unpaired) electrons. The molecule has 0 aromatic rings. The van der Waals surface area contributed by atoms with E-state index in [4.69, 9.17) is 0 Å². The summed E-state index contributed by atoms with van der Waals surface area (Å²) in [6.45, 7) is 10.5. The Morgan fingerprint density at radius 2 is 1.72 bits per heavy atom. The first kappa shape index (κ1) is 31.7. The first-order valence-electron chi connectivity index (χ1n) is 16.9. The van der Waals surface area contributed by atoms with Crippen molar-refractivity contribution in [1.82, 2.24) is 20.9 Å². The Balaban J connectivity index is 1.34. The fraction of sp³-hybridized carbons (Fsp3) is 0.794. The van der Waals surface area contributed by atoms with E-state index in [-0.39, 0.29) is 53.4 Å². The maximum Gasteiger partial charge on any atom is 0.289 e. The van der Waals surface area contributed by atoms with Gasteiger partial charge in [-0.1, -0.05) is 65.4 Å². The maximum absolute atomic E-state index is 14.5. The van der Waals surface area contributed by atoms with E-state index in [0.717, 1.165) is 57.8 Å². The first-order chi connectivity index (χ1) is 20.6. The fourth-order valence-corrected chi connectivity index (χ4v) is 9.01. The van der Waals surface area contributed by atoms with Gasteiger partial charge in [-0.2, -0.15) is 0 Å². The summed E-state index contributed by atoms with van der Waals surface area (Å²) in [4.78, 5) is 69.4. The lowest BCUT2D eigenvalue weighted by atomic mass is 9.82. The van der Waals surface area contributed by atoms with Crippen molar-refractivity contribution in [3.8, 4) is 0 Å². The summed E-state index contributed by atoms with van der Waals surface area (Å²) in [5.74, 6) is -0.689. The van der Waals surface area contributed by atoms with Crippen LogP contribution in [0.2, 0.25) is 0 Å². The third-order valence-electron chi connectivity index (χ3n) is 11.6. The highest BCUT2D eigenvalue weighted by Gasteiger charge is 2.69. The number of fused-ring (bicyclic) bond motifs is 3. The minimum atomic E-state index is -0.957. The second-order valence-corrected chi connectivity index (χ2v) is 14.6. The van der Waals surface area contributed by atoms with Crippen molar-refractivity contribution in [1.29, 1.82) is 0 Å². The van der Waals surface area contributed by atoms with Crippen LogP contribution in [0.1, 0.15) is 97.8 Å². The number of unbranched alkanes of at least 4 members (excludes halogenated alkanes) is 1. The van der Waals surface area contributed by atoms with Crippen molar-refractivity contribution in [2.24, 2.45) is 40.9 Å². The van der Waals surface area contributed by atoms with E-state index in [1.165, 1.54) is 12.5 Å². The molecule has 1 aliphatic heterocycles. The number of hydrogen-bond donors (Lipinski definition) is 3. The minimum Gasteiger partial charge on any atom is -0.346 e. The van der Waals surface area contributed by atoms with E-state index >= 15 is 0 Å². The monoisotopic (exact) mass is 596 g/mol. The lowest BCUT2D eigenvalue weighted by Gasteiger charge is -2.38. The molecule has 4 aliphatic carbocycles. The van der Waals surface area contributed by atoms with Crippen LogP contribution in [-0.4, -0.2) is 65.5 Å². The van der Waals surface area contributed by atoms with Gasteiger partial charge in [-0.3, -0.25) is 24.0 Å². The van der Waals surface area contributed by atoms with E-state index in [9.17, 15) is 24.0 Å². The molecule has 238 valence electrons. The molecular weight excluding hydrogens is 544 g/mol. The van der Waals surface area contributed by atoms with Crippen LogP contribution >= 0.6 is 0 Å². The molecule has 0 aromatic heterocycles. The molecular formula is C34H52N4O5. The third-order valence-corrected chi connectivity index (χ3v) is 11.6. The Kier molecular flexibility index (Phi) is 9.67. The fourth-order valence-electron chi connectivity index (χ4n) is 9.01. The van der Waals surface area contributed by atoms with Crippen molar-refractivity contribution in [3.05, 3.63) is 12.7 Å². The number of nitrogens with one attached hydrogen (secondary N) is 3. The van der Waals surface area contributed by atoms with E-state index in [2.05, 4.69) is 36.4 Å². The van der Waals surface area contributed by atoms with Gasteiger partial charge in [0.1, 0.15) is 12.1 Å². The van der Waals surface area contributed by atoms with Gasteiger partial charge < -0.3 is 20.9 Å². The minimum absolute atomic E-state index is 0.0116. The average molecular weight is 597 g/mol. The highest BCUT2D eigenvalue weighted by atomic mass is 16.2. The molecule has 4 unspecified atom stereocenters. The van der Waals surface area contributed by atoms with Crippen molar-refractivity contribution in [2.45, 2.75) is 116 Å². The van der Waals surface area contributed by atoms with Crippen LogP contribution in [0.15, 0.2) is 12.7 Å². The molecule has 8 atom stereocenters. The molecule has 9 heteroatoms. The summed E-state index contributed by atoms with van der Waals surface area (Å²) in [5.41, 5.74) is -0.101. The summed E-state index contributed by atoms with van der Waals surface area (Å²) in [6.07, 6.45) is 12.7. The molecule has 4 saturated carbocycles. The van der Waals surface area contributed by atoms with Crippen LogP contribution in [0.25, 0.3) is 0 Å². The van der Waals surface area contributed by atoms with Crippen LogP contribution in [0.3, 0.4) is 0 Å². The van der Waals surface area contributed by atoms with Crippen molar-refractivity contribution < 1.29 is 24.0 Å². The van der Waals surface area contributed by atoms with Crippen molar-refractivity contribution in [2.75, 3.05) is 13.1 Å². The average Bonchev–Trinajstić information content (AvgIpc) is 3.54. The summed E-state index contributed by atoms with van der Waals surface area (Å²) in [6, 6.07) is -2.32. The zero-order valence-electron chi connectivity index (χ0n) is 26.4. The number of carbonyl (C=O) groups is 5. The lowest BCUT2D eigenvalue weighted by molar-refractivity contribution is -0.146. The molecule has 5 fully saturated rings. The van der Waals surface area contributed by atoms with Gasteiger partial charge in [-0.25, -0.2) is 0 Å². The Hall–Kier alpha value is -2.71. The smallest absolute Gasteiger partial charge is 0.289 e. The number of rotatable bonds is 13. The molecule has 3 N–H and O–H groups in total. The maximum atomic E-state index is 14.5. The zero-order chi connectivity index (χ0) is 30.9. The molecule has 0 spiro atoms. The van der Waals surface area contributed by atoms with Gasteiger partial charge in [0.15, 0.2) is 0 Å². The predicted molar refractivity (Wildman–Crippen MR) is 163 cm³/mol. The molecule has 4 amide bonds. The number of hydrogen-bond acceptors (Lipinski definition) is 5. The normalized spacial score (nSPS) is 31.9. The number of nitrogens with zero attached hydrogens (tertiary/aromatic N) is 1. The molecule has 5 rings (SSSR count). The third kappa shape index (κ3) is 6.41. The number of likely N-dealkylation sites (tertiary alicyclic amines) is 1. The van der Waals surface area contributed by atoms with Crippen LogP contribution in [0.4, 0.5) is 0 Å². The Labute approximate surface area is 256 Å². The topological polar surface area (TPSA) is 125 Å². The summed E-state index contributed by atoms with van der Waals surface area (Å²) in [7, 11) is 0. The number of amides is 4. The number of Topliss-reactive ketones (excluding diaryl/α,β-unsaturated/α-hetero) is 1. The SMILES string of the molecule is C=CCNC(=O)C(=O)C(CCCC)NC(=O)[C@@H]1[C@@H]2[C@H](CN1C(=O)[C@@H](NC(=O)C1CC3CCC1C3)C1CCCCC1)C2(C)C. The van der Waals surface area contributed by atoms with Crippen molar-refractivity contribution >= 4 is 29.4 Å². The van der Waals surface area contributed by atoms with Crippen LogP contribution in [0.5, 0.6) is 0 Å². The van der Waals surface area contributed by atoms with E-state index in [0.29, 0.717) is 31.2 Å². The summed E-state index contributed by atoms with van der Waals surface area (Å²) < 4.78 is 0. The largest absolute Gasteiger partial charge is 0.346 e. The molecule has 1 saturated heterocycles. The molecule has 43 heavy (non-hydrogen) atoms. The Morgan fingerprint density at radius 3 is 2.35 bits per heavy atom. The van der Waals surface area contributed by atoms with Crippen LogP contribution < -0.4 is 16.0 Å². The number of ketones is 1. The van der Waals surface area contributed by atoms with Crippen LogP contribution in [-0.2, 0) is 24.0 Å². The second kappa shape index (κ2) is 13.1. The summed E-state index contributed by atoms with van der Waals surface area (Å²) >= 11 is 0. The van der Waals surface area contributed by atoms with Crippen LogP contribution in [0, 0.1) is 40.9 Å². The van der Waals surface area contributed by atoms with Gasteiger partial charge in [0, 0.05) is 19.0 Å². The molecule has 5 aliphatic rings. The molecule has 0 aromatic carbocycles. The first-order valence-corrected chi connectivity index (χ1v) is 16.9. The number of carbonyl (C=O) groups excluding carboxylic acids is 5. The lowest BCUT2D eigenvalue weighted by Crippen LogP contribution is -2.60. The van der Waals surface area contributed by atoms with Gasteiger partial charge in [0.25, 0.3) is 5.91 Å². The van der Waals surface area contributed by atoms with Gasteiger partial charge in [0.2, 0.25) is 23.5 Å². The zero-order valence-corrected chi connectivity index (χ0v) is 26.4. The van der Waals surface area contributed by atoms with E-state index < -0.39 is 29.8 Å². The van der Waals surface area contributed by atoms with Gasteiger partial charge in [-0.15, -0.1) is 6.58 Å². The Morgan fingerprint density at radius 1 is 0.977 bits per heavy atom. The summed E-state index contributed by atoms with van der Waals surface area (Å²) in [5, 5.41) is 8.67. The molecule has 9 nitrogen and oxygen atoms in total. The van der Waals surface area contributed by atoms with Gasteiger partial charge >= 0.3 is 0 Å². The highest BCUT2D eigenvalue weighted by Crippen LogP contribution is 2.65. The Bertz CT molecular complexity index is 1110. The number of piperidine rings is 1. The quantitative estimate of drug-likeness (QED) is 0.222. The second-order valence-electron chi connectivity index (χ2n) is 14.6. The van der Waals surface area contributed by atoms with E-state index in [1.54, 1.807) is 4.90 Å². The van der Waals surface area contributed by atoms with E-state index in [1.807, 2.05) is 6.92 Å². The predicted octanol–water partition coefficient (Wildman–Crippen LogP) is 3.52. The van der Waals surface area contributed by atoms with Gasteiger partial charge in [0.05, 0.1) is 6.04 Å². The molecule has 1 heterocycles. The van der Waals surface area contributed by atoms with Gasteiger partial charge in [-0.05, 0) is 73.5 Å². The van der Waals surface area contributed by atoms with Crippen molar-refractivity contribution in [3.63, 3.8) is 0 Å². The highest BCUT2D eigenvalue weighted by molar-refractivity contribution is 6.38. The molecule has 2 bridgehead atoms. The standard InChI is InChI=1S/C34H52N4O5/c1-5-7-13-25(29(39)32(42)35-16-6-2)36-31(41)28-26-24(34(26,3)4)19-38(28)33(43)27(21-11-9-8-10-12-21)37-30(40)23-18-20-14-15-22(23)17-20/h6,20-28H,2,5,7-19H2,1,3-4H3,(H,35,42)(H,36,41)(H,37,40)/t20?,22?,23?,24-,25?,26-,27-,28-/m0/s1.